The quantitative estimate of drug-likeness (QED) is 0.592. The Bertz CT molecular complexity index is 1060. The highest BCUT2D eigenvalue weighted by Crippen LogP contribution is 2.41. The third kappa shape index (κ3) is 4.98. The summed E-state index contributed by atoms with van der Waals surface area (Å²) >= 11 is 0. The predicted molar refractivity (Wildman–Crippen MR) is 125 cm³/mol. The van der Waals surface area contributed by atoms with Crippen LogP contribution in [0.25, 0.3) is 0 Å². The van der Waals surface area contributed by atoms with Crippen molar-refractivity contribution < 1.29 is 24.2 Å². The molecule has 1 saturated carbocycles. The van der Waals surface area contributed by atoms with Crippen molar-refractivity contribution in [3.8, 4) is 11.5 Å². The molecule has 1 unspecified atom stereocenters. The molecule has 1 atom stereocenters. The minimum Gasteiger partial charge on any atom is -0.493 e. The normalized spacial score (nSPS) is 16.4. The van der Waals surface area contributed by atoms with Crippen LogP contribution in [0.5, 0.6) is 11.5 Å². The molecule has 1 aliphatic carbocycles. The fourth-order valence-corrected chi connectivity index (χ4v) is 4.37. The lowest BCUT2D eigenvalue weighted by Gasteiger charge is -2.33. The van der Waals surface area contributed by atoms with Crippen molar-refractivity contribution in [3.63, 3.8) is 0 Å². The van der Waals surface area contributed by atoms with E-state index in [2.05, 4.69) is 5.32 Å². The van der Waals surface area contributed by atoms with Crippen molar-refractivity contribution in [2.45, 2.75) is 58.2 Å². The van der Waals surface area contributed by atoms with E-state index in [1.165, 1.54) is 0 Å². The molecule has 2 aromatic carbocycles. The number of rotatable bonds is 9. The first-order valence-electron chi connectivity index (χ1n) is 11.5. The molecule has 2 amide bonds. The number of fused-ring (bicyclic) bond motifs is 1. The fourth-order valence-electron chi connectivity index (χ4n) is 4.37. The van der Waals surface area contributed by atoms with Gasteiger partial charge in [-0.25, -0.2) is 0 Å². The predicted octanol–water partition coefficient (Wildman–Crippen LogP) is 4.30. The number of anilines is 1. The standard InChI is InChI=1S/C26H32N2O5/c1-5-33-22-13-17(11-12-21(22)32-4)20(14-26(2,3)31)28-15-18-7-6-8-19(23(18)25(28)30)27-24(29)16-9-10-16/h6-8,11-13,16,20,31H,5,9-10,14-15H2,1-4H3,(H,27,29). The van der Waals surface area contributed by atoms with Crippen LogP contribution in [0.2, 0.25) is 0 Å². The number of aliphatic hydroxyl groups is 1. The van der Waals surface area contributed by atoms with E-state index in [4.69, 9.17) is 9.47 Å². The Kier molecular flexibility index (Phi) is 6.34. The number of nitrogens with zero attached hydrogens (tertiary/aromatic N) is 1. The topological polar surface area (TPSA) is 88.1 Å². The molecular weight excluding hydrogens is 420 g/mol. The molecule has 33 heavy (non-hydrogen) atoms. The molecule has 0 bridgehead atoms. The molecule has 7 heteroatoms. The Morgan fingerprint density at radius 2 is 2.00 bits per heavy atom. The highest BCUT2D eigenvalue weighted by molar-refractivity contribution is 6.07. The monoisotopic (exact) mass is 452 g/mol. The number of benzene rings is 2. The summed E-state index contributed by atoms with van der Waals surface area (Å²) in [7, 11) is 1.59. The van der Waals surface area contributed by atoms with Gasteiger partial charge in [-0.3, -0.25) is 9.59 Å². The summed E-state index contributed by atoms with van der Waals surface area (Å²) in [5, 5.41) is 13.6. The first-order valence-corrected chi connectivity index (χ1v) is 11.5. The molecule has 0 aromatic heterocycles. The highest BCUT2D eigenvalue weighted by Gasteiger charge is 2.38. The summed E-state index contributed by atoms with van der Waals surface area (Å²) in [4.78, 5) is 27.8. The number of methoxy groups -OCH3 is 1. The summed E-state index contributed by atoms with van der Waals surface area (Å²) in [6.45, 7) is 6.26. The zero-order valence-electron chi connectivity index (χ0n) is 19.7. The van der Waals surface area contributed by atoms with E-state index in [1.54, 1.807) is 31.9 Å². The SMILES string of the molecule is CCOc1cc(C(CC(C)(C)O)N2Cc3cccc(NC(=O)C4CC4)c3C2=O)ccc1OC. The lowest BCUT2D eigenvalue weighted by Crippen LogP contribution is -2.35. The van der Waals surface area contributed by atoms with E-state index in [0.29, 0.717) is 42.3 Å². The van der Waals surface area contributed by atoms with Gasteiger partial charge in [0.15, 0.2) is 11.5 Å². The first-order chi connectivity index (χ1) is 15.7. The van der Waals surface area contributed by atoms with Crippen LogP contribution >= 0.6 is 0 Å². The smallest absolute Gasteiger partial charge is 0.257 e. The van der Waals surface area contributed by atoms with Gasteiger partial charge in [0, 0.05) is 18.9 Å². The van der Waals surface area contributed by atoms with Crippen molar-refractivity contribution in [2.24, 2.45) is 5.92 Å². The minimum atomic E-state index is -1.01. The van der Waals surface area contributed by atoms with Gasteiger partial charge < -0.3 is 24.8 Å². The molecule has 7 nitrogen and oxygen atoms in total. The minimum absolute atomic E-state index is 0.0285. The van der Waals surface area contributed by atoms with Crippen molar-refractivity contribution >= 4 is 17.5 Å². The lowest BCUT2D eigenvalue weighted by atomic mass is 9.92. The van der Waals surface area contributed by atoms with Crippen molar-refractivity contribution in [1.29, 1.82) is 0 Å². The Morgan fingerprint density at radius 3 is 2.64 bits per heavy atom. The van der Waals surface area contributed by atoms with Crippen LogP contribution in [0.15, 0.2) is 36.4 Å². The molecule has 2 aromatic rings. The van der Waals surface area contributed by atoms with Crippen LogP contribution in [-0.4, -0.2) is 41.1 Å². The molecule has 4 rings (SSSR count). The van der Waals surface area contributed by atoms with E-state index >= 15 is 0 Å². The molecule has 1 heterocycles. The first kappa shape index (κ1) is 23.1. The van der Waals surface area contributed by atoms with Gasteiger partial charge in [-0.2, -0.15) is 0 Å². The zero-order chi connectivity index (χ0) is 23.8. The van der Waals surface area contributed by atoms with Crippen LogP contribution in [0.1, 0.15) is 67.6 Å². The summed E-state index contributed by atoms with van der Waals surface area (Å²) in [6.07, 6.45) is 2.14. The second kappa shape index (κ2) is 9.06. The van der Waals surface area contributed by atoms with E-state index in [1.807, 2.05) is 37.3 Å². The number of carbonyl (C=O) groups is 2. The number of carbonyl (C=O) groups excluding carboxylic acids is 2. The number of nitrogens with one attached hydrogen (secondary N) is 1. The van der Waals surface area contributed by atoms with E-state index in [0.717, 1.165) is 24.0 Å². The number of ether oxygens (including phenoxy) is 2. The van der Waals surface area contributed by atoms with Crippen molar-refractivity contribution in [2.75, 3.05) is 19.0 Å². The van der Waals surface area contributed by atoms with Crippen LogP contribution in [0.4, 0.5) is 5.69 Å². The molecule has 0 radical (unpaired) electrons. The van der Waals surface area contributed by atoms with E-state index < -0.39 is 5.60 Å². The van der Waals surface area contributed by atoms with Gasteiger partial charge in [0.25, 0.3) is 5.91 Å². The number of hydrogen-bond acceptors (Lipinski definition) is 5. The Hall–Kier alpha value is -3.06. The second-order valence-electron chi connectivity index (χ2n) is 9.41. The summed E-state index contributed by atoms with van der Waals surface area (Å²) in [5.74, 6) is 1.08. The molecule has 176 valence electrons. The summed E-state index contributed by atoms with van der Waals surface area (Å²) in [5.41, 5.74) is 1.81. The maximum Gasteiger partial charge on any atom is 0.257 e. The summed E-state index contributed by atoms with van der Waals surface area (Å²) < 4.78 is 11.2. The van der Waals surface area contributed by atoms with Crippen LogP contribution in [-0.2, 0) is 11.3 Å². The lowest BCUT2D eigenvalue weighted by molar-refractivity contribution is -0.117. The molecule has 0 saturated heterocycles. The molecule has 1 aliphatic heterocycles. The molecule has 1 fully saturated rings. The van der Waals surface area contributed by atoms with Gasteiger partial charge in [0.05, 0.1) is 36.6 Å². The van der Waals surface area contributed by atoms with Gasteiger partial charge >= 0.3 is 0 Å². The maximum absolute atomic E-state index is 13.7. The molecule has 0 spiro atoms. The highest BCUT2D eigenvalue weighted by atomic mass is 16.5. The van der Waals surface area contributed by atoms with Gasteiger partial charge in [-0.05, 0) is 62.9 Å². The Balaban J connectivity index is 1.69. The third-order valence-corrected chi connectivity index (χ3v) is 6.11. The van der Waals surface area contributed by atoms with E-state index in [9.17, 15) is 14.7 Å². The number of amides is 2. The zero-order valence-corrected chi connectivity index (χ0v) is 19.7. The van der Waals surface area contributed by atoms with Gasteiger partial charge in [-0.15, -0.1) is 0 Å². The summed E-state index contributed by atoms with van der Waals surface area (Å²) in [6, 6.07) is 10.8. The van der Waals surface area contributed by atoms with Crippen molar-refractivity contribution in [3.05, 3.63) is 53.1 Å². The average molecular weight is 453 g/mol. The second-order valence-corrected chi connectivity index (χ2v) is 9.41. The molecule has 2 aliphatic rings. The van der Waals surface area contributed by atoms with E-state index in [-0.39, 0.29) is 23.8 Å². The number of hydrogen-bond donors (Lipinski definition) is 2. The average Bonchev–Trinajstić information content (AvgIpc) is 3.56. The third-order valence-electron chi connectivity index (χ3n) is 6.11. The van der Waals surface area contributed by atoms with Gasteiger partial charge in [-0.1, -0.05) is 18.2 Å². The van der Waals surface area contributed by atoms with Gasteiger partial charge in [0.1, 0.15) is 0 Å². The van der Waals surface area contributed by atoms with Crippen molar-refractivity contribution in [1.82, 2.24) is 4.90 Å². The van der Waals surface area contributed by atoms with Crippen LogP contribution in [0, 0.1) is 5.92 Å². The fraction of sp³-hybridized carbons (Fsp3) is 0.462. The molecular formula is C26H32N2O5. The Labute approximate surface area is 194 Å². The largest absolute Gasteiger partial charge is 0.493 e. The maximum atomic E-state index is 13.7. The van der Waals surface area contributed by atoms with Crippen LogP contribution in [0.3, 0.4) is 0 Å². The Morgan fingerprint density at radius 1 is 1.24 bits per heavy atom. The van der Waals surface area contributed by atoms with Gasteiger partial charge in [0.2, 0.25) is 5.91 Å². The van der Waals surface area contributed by atoms with Crippen LogP contribution < -0.4 is 14.8 Å². The molecule has 2 N–H and O–H groups in total.